The minimum Gasteiger partial charge on any atom is -0.377 e. The van der Waals surface area contributed by atoms with E-state index in [0.717, 1.165) is 44.2 Å². The van der Waals surface area contributed by atoms with Gasteiger partial charge in [0, 0.05) is 39.2 Å². The number of hydrogen-bond donors (Lipinski definition) is 2. The van der Waals surface area contributed by atoms with E-state index in [9.17, 15) is 4.79 Å². The number of ether oxygens (including phenoxy) is 1. The Morgan fingerprint density at radius 3 is 2.41 bits per heavy atom. The minimum atomic E-state index is 0.168. The largest absolute Gasteiger partial charge is 0.377 e. The van der Waals surface area contributed by atoms with Crippen LogP contribution < -0.4 is 10.6 Å². The number of benzene rings is 1. The molecule has 0 heterocycles. The van der Waals surface area contributed by atoms with Crippen LogP contribution in [0.1, 0.15) is 51.7 Å². The number of rotatable bonds is 12. The van der Waals surface area contributed by atoms with Crippen molar-refractivity contribution in [2.75, 3.05) is 32.8 Å². The van der Waals surface area contributed by atoms with Crippen LogP contribution in [0.3, 0.4) is 0 Å². The fraction of sp³-hybridized carbons (Fsp3) is 0.619. The maximum absolute atomic E-state index is 12.1. The maximum Gasteiger partial charge on any atom is 0.224 e. The average molecular weight is 377 g/mol. The Morgan fingerprint density at radius 2 is 1.78 bits per heavy atom. The molecule has 0 saturated heterocycles. The van der Waals surface area contributed by atoms with Crippen molar-refractivity contribution in [2.45, 2.75) is 53.7 Å². The fourth-order valence-corrected chi connectivity index (χ4v) is 2.71. The topological polar surface area (TPSA) is 66.0 Å². The van der Waals surface area contributed by atoms with E-state index >= 15 is 0 Å². The molecule has 0 spiro atoms. The predicted molar refractivity (Wildman–Crippen MR) is 112 cm³/mol. The third-order valence-corrected chi connectivity index (χ3v) is 4.22. The minimum absolute atomic E-state index is 0.168. The van der Waals surface area contributed by atoms with Gasteiger partial charge in [-0.2, -0.15) is 0 Å². The van der Waals surface area contributed by atoms with Crippen molar-refractivity contribution in [2.24, 2.45) is 4.99 Å². The zero-order valence-corrected chi connectivity index (χ0v) is 17.4. The molecule has 0 aliphatic heterocycles. The van der Waals surface area contributed by atoms with Gasteiger partial charge in [0.1, 0.15) is 0 Å². The second-order valence-electron chi connectivity index (χ2n) is 6.26. The average Bonchev–Trinajstić information content (AvgIpc) is 2.68. The van der Waals surface area contributed by atoms with E-state index in [4.69, 9.17) is 4.74 Å². The summed E-state index contributed by atoms with van der Waals surface area (Å²) >= 11 is 0. The normalized spacial score (nSPS) is 11.3. The van der Waals surface area contributed by atoms with Crippen LogP contribution in [0.4, 0.5) is 0 Å². The zero-order chi connectivity index (χ0) is 19.9. The van der Waals surface area contributed by atoms with Crippen LogP contribution in [0.15, 0.2) is 29.3 Å². The lowest BCUT2D eigenvalue weighted by Crippen LogP contribution is -2.40. The van der Waals surface area contributed by atoms with E-state index in [0.29, 0.717) is 26.1 Å². The van der Waals surface area contributed by atoms with E-state index in [1.54, 1.807) is 0 Å². The molecule has 0 atom stereocenters. The highest BCUT2D eigenvalue weighted by molar-refractivity contribution is 5.81. The number of nitrogens with one attached hydrogen (secondary N) is 2. The first-order chi connectivity index (χ1) is 13.2. The number of aliphatic imine (C=N–C) groups is 1. The van der Waals surface area contributed by atoms with Crippen LogP contribution >= 0.6 is 0 Å². The summed E-state index contributed by atoms with van der Waals surface area (Å²) in [6.07, 6.45) is 1.48. The highest BCUT2D eigenvalue weighted by atomic mass is 16.5. The number of nitrogens with zero attached hydrogens (tertiary/aromatic N) is 2. The van der Waals surface area contributed by atoms with Crippen LogP contribution in [-0.2, 0) is 22.7 Å². The van der Waals surface area contributed by atoms with E-state index in [1.807, 2.05) is 37.8 Å². The summed E-state index contributed by atoms with van der Waals surface area (Å²) in [5, 5.41) is 6.50. The Kier molecular flexibility index (Phi) is 11.9. The van der Waals surface area contributed by atoms with Crippen LogP contribution in [0.5, 0.6) is 0 Å². The molecule has 1 amide bonds. The Hall–Kier alpha value is -2.08. The number of amides is 1. The van der Waals surface area contributed by atoms with Gasteiger partial charge in [0.15, 0.2) is 5.96 Å². The standard InChI is InChI=1S/C21H36N4O2/c1-5-15-27-17-19-12-10-9-11-18(19)16-24-21(22-6-2)23-14-13-20(26)25(7-3)8-4/h9-12H,5-8,13-17H2,1-4H3,(H2,22,23,24). The van der Waals surface area contributed by atoms with Crippen molar-refractivity contribution in [1.29, 1.82) is 0 Å². The predicted octanol–water partition coefficient (Wildman–Crippen LogP) is 2.93. The molecular formula is C21H36N4O2. The molecule has 6 heteroatoms. The van der Waals surface area contributed by atoms with Gasteiger partial charge >= 0.3 is 0 Å². The van der Waals surface area contributed by atoms with Gasteiger partial charge in [0.25, 0.3) is 0 Å². The molecule has 0 aliphatic rings. The SMILES string of the molecule is CCCOCc1ccccc1CN=C(NCC)NCCC(=O)N(CC)CC. The lowest BCUT2D eigenvalue weighted by molar-refractivity contribution is -0.130. The molecule has 1 aromatic rings. The zero-order valence-electron chi connectivity index (χ0n) is 17.4. The Morgan fingerprint density at radius 1 is 1.07 bits per heavy atom. The van der Waals surface area contributed by atoms with Gasteiger partial charge in [-0.05, 0) is 38.3 Å². The van der Waals surface area contributed by atoms with Gasteiger partial charge in [0.2, 0.25) is 5.91 Å². The van der Waals surface area contributed by atoms with Gasteiger partial charge in [-0.3, -0.25) is 4.79 Å². The Balaban J connectivity index is 2.62. The van der Waals surface area contributed by atoms with Crippen molar-refractivity contribution in [3.63, 3.8) is 0 Å². The molecular weight excluding hydrogens is 340 g/mol. The summed E-state index contributed by atoms with van der Waals surface area (Å²) < 4.78 is 5.68. The first-order valence-corrected chi connectivity index (χ1v) is 10.1. The highest BCUT2D eigenvalue weighted by Gasteiger charge is 2.09. The van der Waals surface area contributed by atoms with Gasteiger partial charge < -0.3 is 20.3 Å². The molecule has 27 heavy (non-hydrogen) atoms. The molecule has 0 aromatic heterocycles. The molecule has 2 N–H and O–H groups in total. The lowest BCUT2D eigenvalue weighted by atomic mass is 10.1. The monoisotopic (exact) mass is 376 g/mol. The number of guanidine groups is 1. The molecule has 1 rings (SSSR count). The van der Waals surface area contributed by atoms with Crippen molar-refractivity contribution in [1.82, 2.24) is 15.5 Å². The second kappa shape index (κ2) is 14.0. The number of carbonyl (C=O) groups is 1. The Labute approximate surface area is 164 Å². The van der Waals surface area contributed by atoms with Gasteiger partial charge in [-0.15, -0.1) is 0 Å². The number of carbonyl (C=O) groups excluding carboxylic acids is 1. The van der Waals surface area contributed by atoms with E-state index in [-0.39, 0.29) is 5.91 Å². The van der Waals surface area contributed by atoms with Crippen LogP contribution in [0.25, 0.3) is 0 Å². The first-order valence-electron chi connectivity index (χ1n) is 10.1. The second-order valence-corrected chi connectivity index (χ2v) is 6.26. The summed E-state index contributed by atoms with van der Waals surface area (Å²) in [4.78, 5) is 18.6. The van der Waals surface area contributed by atoms with Crippen LogP contribution in [0, 0.1) is 0 Å². The van der Waals surface area contributed by atoms with Crippen LogP contribution in [-0.4, -0.2) is 49.6 Å². The molecule has 0 fully saturated rings. The molecule has 0 bridgehead atoms. The van der Waals surface area contributed by atoms with Gasteiger partial charge in [0.05, 0.1) is 13.2 Å². The highest BCUT2D eigenvalue weighted by Crippen LogP contribution is 2.11. The summed E-state index contributed by atoms with van der Waals surface area (Å²) in [6.45, 7) is 12.9. The maximum atomic E-state index is 12.1. The van der Waals surface area contributed by atoms with Gasteiger partial charge in [-0.1, -0.05) is 31.2 Å². The molecule has 152 valence electrons. The molecule has 0 radical (unpaired) electrons. The van der Waals surface area contributed by atoms with E-state index < -0.39 is 0 Å². The molecule has 6 nitrogen and oxygen atoms in total. The molecule has 1 aromatic carbocycles. The molecule has 0 aliphatic carbocycles. The lowest BCUT2D eigenvalue weighted by Gasteiger charge is -2.19. The summed E-state index contributed by atoms with van der Waals surface area (Å²) in [5.41, 5.74) is 2.33. The third-order valence-electron chi connectivity index (χ3n) is 4.22. The molecule has 0 saturated carbocycles. The first kappa shape index (κ1) is 23.0. The summed E-state index contributed by atoms with van der Waals surface area (Å²) in [6, 6.07) is 8.22. The van der Waals surface area contributed by atoms with Crippen molar-refractivity contribution in [3.8, 4) is 0 Å². The fourth-order valence-electron chi connectivity index (χ4n) is 2.71. The van der Waals surface area contributed by atoms with Crippen molar-refractivity contribution < 1.29 is 9.53 Å². The van der Waals surface area contributed by atoms with Gasteiger partial charge in [-0.25, -0.2) is 4.99 Å². The third kappa shape index (κ3) is 8.91. The smallest absolute Gasteiger partial charge is 0.224 e. The number of hydrogen-bond acceptors (Lipinski definition) is 3. The van der Waals surface area contributed by atoms with Crippen molar-refractivity contribution in [3.05, 3.63) is 35.4 Å². The van der Waals surface area contributed by atoms with Crippen LogP contribution in [0.2, 0.25) is 0 Å². The van der Waals surface area contributed by atoms with E-state index in [2.05, 4.69) is 34.7 Å². The van der Waals surface area contributed by atoms with Crippen molar-refractivity contribution >= 4 is 11.9 Å². The molecule has 0 unspecified atom stereocenters. The summed E-state index contributed by atoms with van der Waals surface area (Å²) in [7, 11) is 0. The Bertz CT molecular complexity index is 571. The summed E-state index contributed by atoms with van der Waals surface area (Å²) in [5.74, 6) is 0.899. The van der Waals surface area contributed by atoms with E-state index in [1.165, 1.54) is 5.56 Å². The quantitative estimate of drug-likeness (QED) is 0.334.